The van der Waals surface area contributed by atoms with Crippen molar-refractivity contribution in [3.63, 3.8) is 0 Å². The smallest absolute Gasteiger partial charge is 0.450 e. The van der Waals surface area contributed by atoms with E-state index in [-0.39, 0.29) is 0 Å². The van der Waals surface area contributed by atoms with Gasteiger partial charge in [0.2, 0.25) is 0 Å². The zero-order valence-corrected chi connectivity index (χ0v) is 7.60. The molecule has 0 bridgehead atoms. The zero-order valence-electron chi connectivity index (χ0n) is 6.01. The van der Waals surface area contributed by atoms with Crippen molar-refractivity contribution in [3.05, 3.63) is 0 Å². The molecule has 0 spiro atoms. The van der Waals surface area contributed by atoms with E-state index in [1.165, 1.54) is 24.6 Å². The fourth-order valence-electron chi connectivity index (χ4n) is 0.344. The summed E-state index contributed by atoms with van der Waals surface area (Å²) < 4.78 is 0. The normalized spacial score (nSPS) is 7.80. The Labute approximate surface area is 69.2 Å². The Morgan fingerprint density at radius 3 is 1.90 bits per heavy atom. The van der Waals surface area contributed by atoms with Crippen molar-refractivity contribution in [2.45, 2.75) is 26.2 Å². The molecular formula is C6H13BrO3. The highest BCUT2D eigenvalue weighted by Gasteiger charge is 1.76. The Morgan fingerprint density at radius 2 is 1.80 bits per heavy atom. The van der Waals surface area contributed by atoms with Crippen LogP contribution in [0.3, 0.4) is 0 Å². The molecule has 0 atom stereocenters. The Hall–Kier alpha value is -0.250. The van der Waals surface area contributed by atoms with Crippen molar-refractivity contribution in [1.29, 1.82) is 0 Å². The highest BCUT2D eigenvalue weighted by atomic mass is 79.9. The monoisotopic (exact) mass is 212 g/mol. The summed E-state index contributed by atoms with van der Waals surface area (Å²) >= 11 is 3.35. The minimum Gasteiger partial charge on any atom is -0.450 e. The van der Waals surface area contributed by atoms with E-state index in [4.69, 9.17) is 15.0 Å². The molecule has 3 nitrogen and oxygen atoms in total. The molecule has 0 unspecified atom stereocenters. The molecule has 0 aromatic carbocycles. The van der Waals surface area contributed by atoms with E-state index >= 15 is 0 Å². The summed E-state index contributed by atoms with van der Waals surface area (Å²) in [6.07, 6.45) is 2.19. The molecule has 0 heterocycles. The largest absolute Gasteiger partial charge is 0.503 e. The van der Waals surface area contributed by atoms with Gasteiger partial charge in [0.15, 0.2) is 0 Å². The minimum absolute atomic E-state index is 1.17. The molecule has 0 aliphatic heterocycles. The van der Waals surface area contributed by atoms with Crippen LogP contribution in [0.2, 0.25) is 0 Å². The first kappa shape index (κ1) is 12.4. The van der Waals surface area contributed by atoms with Gasteiger partial charge in [0.05, 0.1) is 0 Å². The lowest BCUT2D eigenvalue weighted by Gasteiger charge is -1.85. The maximum absolute atomic E-state index is 8.56. The number of halogens is 1. The Morgan fingerprint density at radius 1 is 1.40 bits per heavy atom. The van der Waals surface area contributed by atoms with Gasteiger partial charge in [-0.2, -0.15) is 0 Å². The lowest BCUT2D eigenvalue weighted by atomic mass is 10.3. The minimum atomic E-state index is -1.83. The van der Waals surface area contributed by atoms with E-state index in [9.17, 15) is 0 Å². The Bertz CT molecular complexity index is 67.4. The van der Waals surface area contributed by atoms with Crippen molar-refractivity contribution < 1.29 is 15.0 Å². The van der Waals surface area contributed by atoms with E-state index < -0.39 is 6.16 Å². The number of hydrogen-bond donors (Lipinski definition) is 2. The molecule has 0 fully saturated rings. The molecular weight excluding hydrogens is 200 g/mol. The first-order valence-electron chi connectivity index (χ1n) is 3.13. The van der Waals surface area contributed by atoms with Crippen molar-refractivity contribution >= 4 is 22.1 Å². The molecule has 0 aliphatic rings. The second kappa shape index (κ2) is 11.5. The van der Waals surface area contributed by atoms with E-state index in [2.05, 4.69) is 22.9 Å². The first-order valence-corrected chi connectivity index (χ1v) is 4.25. The third kappa shape index (κ3) is 46.7. The number of rotatable bonds is 3. The van der Waals surface area contributed by atoms with Gasteiger partial charge in [0, 0.05) is 5.33 Å². The number of hydrogen-bond acceptors (Lipinski definition) is 1. The molecule has 4 heteroatoms. The molecule has 62 valence electrons. The third-order valence-corrected chi connectivity index (χ3v) is 1.30. The molecule has 2 N–H and O–H groups in total. The summed E-state index contributed by atoms with van der Waals surface area (Å²) in [5, 5.41) is 15.1. The van der Waals surface area contributed by atoms with Gasteiger partial charge in [-0.3, -0.25) is 0 Å². The molecule has 0 aromatic heterocycles. The van der Waals surface area contributed by atoms with Crippen LogP contribution in [0.4, 0.5) is 4.79 Å². The third-order valence-electron chi connectivity index (χ3n) is 0.737. The molecule has 0 radical (unpaired) electrons. The maximum atomic E-state index is 8.56. The van der Waals surface area contributed by atoms with Crippen LogP contribution in [-0.2, 0) is 0 Å². The molecule has 0 aliphatic carbocycles. The van der Waals surface area contributed by atoms with Crippen LogP contribution in [0.5, 0.6) is 0 Å². The van der Waals surface area contributed by atoms with Gasteiger partial charge in [-0.25, -0.2) is 4.79 Å². The van der Waals surface area contributed by atoms with Crippen LogP contribution in [0.25, 0.3) is 0 Å². The maximum Gasteiger partial charge on any atom is 0.503 e. The Kier molecular flexibility index (Phi) is 14.3. The van der Waals surface area contributed by atoms with E-state index in [0.29, 0.717) is 0 Å². The zero-order chi connectivity index (χ0) is 8.41. The highest BCUT2D eigenvalue weighted by Crippen LogP contribution is 1.95. The summed E-state index contributed by atoms with van der Waals surface area (Å²) in [5.41, 5.74) is 0. The lowest BCUT2D eigenvalue weighted by molar-refractivity contribution is 0.137. The summed E-state index contributed by atoms with van der Waals surface area (Å²) in [6.45, 7) is 2.21. The summed E-state index contributed by atoms with van der Waals surface area (Å²) in [5.74, 6) is 0. The molecule has 10 heavy (non-hydrogen) atoms. The Balaban J connectivity index is 0. The SMILES string of the molecule is CCCCCBr.O=C(O)O. The fourth-order valence-corrected chi connectivity index (χ4v) is 0.741. The van der Waals surface area contributed by atoms with Crippen molar-refractivity contribution in [1.82, 2.24) is 0 Å². The van der Waals surface area contributed by atoms with Crippen LogP contribution in [-0.4, -0.2) is 21.7 Å². The molecule has 0 saturated heterocycles. The van der Waals surface area contributed by atoms with Gasteiger partial charge in [0.25, 0.3) is 0 Å². The van der Waals surface area contributed by atoms with Gasteiger partial charge in [0.1, 0.15) is 0 Å². The average molecular weight is 213 g/mol. The van der Waals surface area contributed by atoms with E-state index in [0.717, 1.165) is 0 Å². The highest BCUT2D eigenvalue weighted by molar-refractivity contribution is 9.09. The predicted molar refractivity (Wildman–Crippen MR) is 44.0 cm³/mol. The van der Waals surface area contributed by atoms with Crippen LogP contribution in [0, 0.1) is 0 Å². The standard InChI is InChI=1S/C5H11Br.CH2O3/c1-2-3-4-5-6;2-1(3)4/h2-5H2,1H3;(H2,2,3,4). The van der Waals surface area contributed by atoms with Crippen LogP contribution < -0.4 is 0 Å². The van der Waals surface area contributed by atoms with Gasteiger partial charge in [-0.05, 0) is 6.42 Å². The second-order valence-corrected chi connectivity index (χ2v) is 2.47. The van der Waals surface area contributed by atoms with Crippen LogP contribution in [0.15, 0.2) is 0 Å². The molecule has 0 amide bonds. The molecule has 0 aromatic rings. The molecule has 0 saturated carbocycles. The van der Waals surface area contributed by atoms with Crippen molar-refractivity contribution in [2.24, 2.45) is 0 Å². The second-order valence-electron chi connectivity index (χ2n) is 1.68. The quantitative estimate of drug-likeness (QED) is 0.559. The average Bonchev–Trinajstić information content (AvgIpc) is 1.82. The number of carbonyl (C=O) groups is 1. The van der Waals surface area contributed by atoms with Gasteiger partial charge < -0.3 is 10.2 Å². The number of alkyl halides is 1. The van der Waals surface area contributed by atoms with Crippen molar-refractivity contribution in [3.8, 4) is 0 Å². The first-order chi connectivity index (χ1) is 4.65. The van der Waals surface area contributed by atoms with Crippen LogP contribution >= 0.6 is 15.9 Å². The van der Waals surface area contributed by atoms with E-state index in [1.807, 2.05) is 0 Å². The number of carboxylic acid groups (broad SMARTS) is 2. The van der Waals surface area contributed by atoms with Gasteiger partial charge in [-0.1, -0.05) is 35.7 Å². The summed E-state index contributed by atoms with van der Waals surface area (Å²) in [4.78, 5) is 8.56. The number of unbranched alkanes of at least 4 members (excludes halogenated alkanes) is 2. The fraction of sp³-hybridized carbons (Fsp3) is 0.833. The van der Waals surface area contributed by atoms with Gasteiger partial charge >= 0.3 is 6.16 Å². The predicted octanol–water partition coefficient (Wildman–Crippen LogP) is 2.79. The summed E-state index contributed by atoms with van der Waals surface area (Å²) in [6, 6.07) is 0. The van der Waals surface area contributed by atoms with Gasteiger partial charge in [-0.15, -0.1) is 0 Å². The van der Waals surface area contributed by atoms with Crippen molar-refractivity contribution in [2.75, 3.05) is 5.33 Å². The van der Waals surface area contributed by atoms with E-state index in [1.54, 1.807) is 0 Å². The summed E-state index contributed by atoms with van der Waals surface area (Å²) in [7, 11) is 0. The van der Waals surface area contributed by atoms with Crippen LogP contribution in [0.1, 0.15) is 26.2 Å². The topological polar surface area (TPSA) is 57.5 Å². The lowest BCUT2D eigenvalue weighted by Crippen LogP contribution is -1.81. The molecule has 0 rings (SSSR count).